The highest BCUT2D eigenvalue weighted by Gasteiger charge is 2.12. The Morgan fingerprint density at radius 1 is 1.08 bits per heavy atom. The van der Waals surface area contributed by atoms with Crippen LogP contribution in [0.15, 0.2) is 65.3 Å². The SMILES string of the molecule is O=C(OCCCOc1ccccc1)c1ccc(Cn2cccn2)o1. The molecule has 0 spiro atoms. The summed E-state index contributed by atoms with van der Waals surface area (Å²) in [5.41, 5.74) is 0. The van der Waals surface area contributed by atoms with E-state index in [0.717, 1.165) is 5.75 Å². The smallest absolute Gasteiger partial charge is 0.374 e. The lowest BCUT2D eigenvalue weighted by atomic mass is 10.3. The van der Waals surface area contributed by atoms with E-state index in [4.69, 9.17) is 13.9 Å². The van der Waals surface area contributed by atoms with Crippen LogP contribution in [0.4, 0.5) is 0 Å². The quantitative estimate of drug-likeness (QED) is 0.470. The second kappa shape index (κ2) is 8.01. The Hall–Kier alpha value is -3.02. The highest BCUT2D eigenvalue weighted by molar-refractivity contribution is 5.86. The Morgan fingerprint density at radius 2 is 1.96 bits per heavy atom. The van der Waals surface area contributed by atoms with Gasteiger partial charge in [-0.25, -0.2) is 4.79 Å². The van der Waals surface area contributed by atoms with Crippen molar-refractivity contribution in [2.24, 2.45) is 0 Å². The summed E-state index contributed by atoms with van der Waals surface area (Å²) >= 11 is 0. The van der Waals surface area contributed by atoms with Gasteiger partial charge < -0.3 is 13.9 Å². The van der Waals surface area contributed by atoms with Crippen molar-refractivity contribution in [3.8, 4) is 5.75 Å². The molecule has 0 aliphatic heterocycles. The summed E-state index contributed by atoms with van der Waals surface area (Å²) in [6.45, 7) is 1.24. The van der Waals surface area contributed by atoms with Gasteiger partial charge in [0.25, 0.3) is 0 Å². The van der Waals surface area contributed by atoms with Crippen LogP contribution in [0.3, 0.4) is 0 Å². The number of para-hydroxylation sites is 1. The van der Waals surface area contributed by atoms with E-state index < -0.39 is 5.97 Å². The van der Waals surface area contributed by atoms with Crippen molar-refractivity contribution in [1.82, 2.24) is 9.78 Å². The average Bonchev–Trinajstić information content (AvgIpc) is 3.28. The Morgan fingerprint density at radius 3 is 2.75 bits per heavy atom. The van der Waals surface area contributed by atoms with E-state index in [-0.39, 0.29) is 12.4 Å². The van der Waals surface area contributed by atoms with Gasteiger partial charge in [0, 0.05) is 18.8 Å². The number of esters is 1. The standard InChI is InChI=1S/C18H18N2O4/c21-18(23-13-5-12-22-15-6-2-1-3-7-15)17-9-8-16(24-17)14-20-11-4-10-19-20/h1-4,6-11H,5,12-14H2. The molecule has 0 unspecified atom stereocenters. The molecule has 0 atom stereocenters. The fourth-order valence-electron chi connectivity index (χ4n) is 2.13. The fraction of sp³-hybridized carbons (Fsp3) is 0.222. The lowest BCUT2D eigenvalue weighted by Crippen LogP contribution is -2.08. The number of furan rings is 1. The molecule has 6 nitrogen and oxygen atoms in total. The minimum Gasteiger partial charge on any atom is -0.493 e. The van der Waals surface area contributed by atoms with E-state index in [9.17, 15) is 4.79 Å². The van der Waals surface area contributed by atoms with Crippen LogP contribution in [0, 0.1) is 0 Å². The Balaban J connectivity index is 1.38. The highest BCUT2D eigenvalue weighted by Crippen LogP contribution is 2.11. The van der Waals surface area contributed by atoms with Gasteiger partial charge in [0.15, 0.2) is 0 Å². The third kappa shape index (κ3) is 4.49. The van der Waals surface area contributed by atoms with Crippen LogP contribution in [0.1, 0.15) is 22.7 Å². The van der Waals surface area contributed by atoms with Crippen LogP contribution in [-0.4, -0.2) is 29.0 Å². The Bertz CT molecular complexity index is 750. The molecule has 0 bridgehead atoms. The number of hydrogen-bond acceptors (Lipinski definition) is 5. The number of carbonyl (C=O) groups is 1. The molecule has 0 radical (unpaired) electrons. The molecular weight excluding hydrogens is 308 g/mol. The minimum absolute atomic E-state index is 0.195. The number of carbonyl (C=O) groups excluding carboxylic acids is 1. The van der Waals surface area contributed by atoms with Gasteiger partial charge in [-0.15, -0.1) is 0 Å². The summed E-state index contributed by atoms with van der Waals surface area (Å²) in [5.74, 6) is 1.18. The van der Waals surface area contributed by atoms with Crippen molar-refractivity contribution in [3.05, 3.63) is 72.4 Å². The summed E-state index contributed by atoms with van der Waals surface area (Å²) < 4.78 is 17.9. The predicted molar refractivity (Wildman–Crippen MR) is 86.9 cm³/mol. The molecule has 3 rings (SSSR count). The van der Waals surface area contributed by atoms with Crippen LogP contribution in [-0.2, 0) is 11.3 Å². The number of ether oxygens (including phenoxy) is 2. The van der Waals surface area contributed by atoms with Crippen molar-refractivity contribution < 1.29 is 18.7 Å². The van der Waals surface area contributed by atoms with Crippen LogP contribution in [0.25, 0.3) is 0 Å². The molecule has 0 fully saturated rings. The summed E-state index contributed by atoms with van der Waals surface area (Å²) in [6.07, 6.45) is 4.13. The molecule has 2 aromatic heterocycles. The molecule has 0 aliphatic carbocycles. The largest absolute Gasteiger partial charge is 0.493 e. The first-order valence-electron chi connectivity index (χ1n) is 7.72. The molecule has 0 amide bonds. The number of benzene rings is 1. The van der Waals surface area contributed by atoms with E-state index in [2.05, 4.69) is 5.10 Å². The second-order valence-electron chi connectivity index (χ2n) is 5.12. The first-order valence-corrected chi connectivity index (χ1v) is 7.72. The van der Waals surface area contributed by atoms with Gasteiger partial charge in [-0.2, -0.15) is 5.10 Å². The highest BCUT2D eigenvalue weighted by atomic mass is 16.5. The zero-order valence-electron chi connectivity index (χ0n) is 13.1. The first kappa shape index (κ1) is 15.9. The third-order valence-corrected chi connectivity index (χ3v) is 3.27. The molecular formula is C18H18N2O4. The van der Waals surface area contributed by atoms with Crippen LogP contribution in [0.2, 0.25) is 0 Å². The third-order valence-electron chi connectivity index (χ3n) is 3.27. The number of rotatable bonds is 8. The van der Waals surface area contributed by atoms with Gasteiger partial charge in [0.2, 0.25) is 5.76 Å². The van der Waals surface area contributed by atoms with Crippen LogP contribution in [0.5, 0.6) is 5.75 Å². The second-order valence-corrected chi connectivity index (χ2v) is 5.12. The maximum Gasteiger partial charge on any atom is 0.374 e. The summed E-state index contributed by atoms with van der Waals surface area (Å²) in [6, 6.07) is 14.7. The van der Waals surface area contributed by atoms with Crippen LogP contribution < -0.4 is 4.74 Å². The van der Waals surface area contributed by atoms with Gasteiger partial charge in [-0.1, -0.05) is 18.2 Å². The van der Waals surface area contributed by atoms with Crippen LogP contribution >= 0.6 is 0 Å². The summed E-state index contributed by atoms with van der Waals surface area (Å²) in [5, 5.41) is 4.09. The summed E-state index contributed by atoms with van der Waals surface area (Å²) in [7, 11) is 0. The fourth-order valence-corrected chi connectivity index (χ4v) is 2.13. The number of aromatic nitrogens is 2. The van der Waals surface area contributed by atoms with E-state index in [1.165, 1.54) is 0 Å². The maximum absolute atomic E-state index is 11.9. The molecule has 6 heteroatoms. The van der Waals surface area contributed by atoms with Gasteiger partial charge in [0.1, 0.15) is 11.5 Å². The van der Waals surface area contributed by atoms with E-state index in [0.29, 0.717) is 25.3 Å². The minimum atomic E-state index is -0.471. The predicted octanol–water partition coefficient (Wildman–Crippen LogP) is 3.15. The molecule has 24 heavy (non-hydrogen) atoms. The van der Waals surface area contributed by atoms with Crippen molar-refractivity contribution in [3.63, 3.8) is 0 Å². The Labute approximate surface area is 139 Å². The molecule has 2 heterocycles. The van der Waals surface area contributed by atoms with Crippen molar-refractivity contribution in [1.29, 1.82) is 0 Å². The van der Waals surface area contributed by atoms with Gasteiger partial charge in [-0.05, 0) is 30.3 Å². The topological polar surface area (TPSA) is 66.5 Å². The number of hydrogen-bond donors (Lipinski definition) is 0. The van der Waals surface area contributed by atoms with Crippen molar-refractivity contribution in [2.45, 2.75) is 13.0 Å². The van der Waals surface area contributed by atoms with E-state index in [1.54, 1.807) is 23.0 Å². The molecule has 3 aromatic rings. The molecule has 0 saturated carbocycles. The van der Waals surface area contributed by atoms with Crippen molar-refractivity contribution in [2.75, 3.05) is 13.2 Å². The molecule has 124 valence electrons. The van der Waals surface area contributed by atoms with Gasteiger partial charge >= 0.3 is 5.97 Å². The maximum atomic E-state index is 11.9. The molecule has 0 N–H and O–H groups in total. The van der Waals surface area contributed by atoms with Crippen molar-refractivity contribution >= 4 is 5.97 Å². The molecule has 1 aromatic carbocycles. The van der Waals surface area contributed by atoms with E-state index >= 15 is 0 Å². The van der Waals surface area contributed by atoms with E-state index in [1.807, 2.05) is 42.6 Å². The first-order chi connectivity index (χ1) is 11.8. The molecule has 0 saturated heterocycles. The zero-order valence-corrected chi connectivity index (χ0v) is 13.1. The normalized spacial score (nSPS) is 10.5. The lowest BCUT2D eigenvalue weighted by molar-refractivity contribution is 0.0447. The monoisotopic (exact) mass is 326 g/mol. The van der Waals surface area contributed by atoms with Gasteiger partial charge in [-0.3, -0.25) is 4.68 Å². The zero-order chi connectivity index (χ0) is 16.6. The lowest BCUT2D eigenvalue weighted by Gasteiger charge is -2.06. The number of nitrogens with zero attached hydrogens (tertiary/aromatic N) is 2. The Kier molecular flexibility index (Phi) is 5.29. The van der Waals surface area contributed by atoms with Gasteiger partial charge in [0.05, 0.1) is 19.8 Å². The average molecular weight is 326 g/mol. The summed E-state index contributed by atoms with van der Waals surface area (Å²) in [4.78, 5) is 11.9. The molecule has 0 aliphatic rings.